The van der Waals surface area contributed by atoms with Crippen LogP contribution in [-0.4, -0.2) is 25.1 Å². The minimum absolute atomic E-state index is 0.0207. The summed E-state index contributed by atoms with van der Waals surface area (Å²) < 4.78 is 48.9. The summed E-state index contributed by atoms with van der Waals surface area (Å²) in [6.07, 6.45) is -3.24. The second-order valence-corrected chi connectivity index (χ2v) is 8.01. The highest BCUT2D eigenvalue weighted by atomic mass is 35.5. The van der Waals surface area contributed by atoms with Gasteiger partial charge >= 0.3 is 18.0 Å². The first kappa shape index (κ1) is 26.8. The van der Waals surface area contributed by atoms with Crippen molar-refractivity contribution in [3.05, 3.63) is 87.4 Å². The Hall–Kier alpha value is -3.76. The molecule has 3 aromatic carbocycles. The third-order valence-electron chi connectivity index (χ3n) is 4.64. The van der Waals surface area contributed by atoms with E-state index >= 15 is 0 Å². The summed E-state index contributed by atoms with van der Waals surface area (Å²) in [7, 11) is 1.45. The first-order valence-corrected chi connectivity index (χ1v) is 10.9. The molecule has 0 saturated carbocycles. The van der Waals surface area contributed by atoms with E-state index in [1.54, 1.807) is 36.4 Å². The van der Waals surface area contributed by atoms with E-state index in [4.69, 9.17) is 32.7 Å². The lowest BCUT2D eigenvalue weighted by Gasteiger charge is -2.12. The zero-order valence-corrected chi connectivity index (χ0v) is 20.0. The van der Waals surface area contributed by atoms with Crippen molar-refractivity contribution in [1.82, 2.24) is 5.43 Å². The zero-order valence-electron chi connectivity index (χ0n) is 18.5. The summed E-state index contributed by atoms with van der Waals surface area (Å²) in [6.45, 7) is 0.171. The molecule has 0 aliphatic rings. The van der Waals surface area contributed by atoms with Crippen LogP contribution in [-0.2, 0) is 22.4 Å². The summed E-state index contributed by atoms with van der Waals surface area (Å²) in [6, 6.07) is 13.6. The number of ether oxygens (including phenoxy) is 2. The van der Waals surface area contributed by atoms with Gasteiger partial charge in [-0.3, -0.25) is 9.59 Å². The number of benzene rings is 3. The smallest absolute Gasteiger partial charge is 0.416 e. The molecule has 2 N–H and O–H groups in total. The monoisotopic (exact) mass is 539 g/mol. The standard InChI is InChI=1S/C24H18Cl2F3N3O4/c1-35-21-10-14(2-9-20(21)36-13-15-3-6-17(25)11-19(15)26)12-30-32-23(34)22(33)31-18-7-4-16(5-8-18)24(27,28)29/h2-12H,13H2,1H3,(H,31,33)(H,32,34). The Bertz CT molecular complexity index is 1280. The van der Waals surface area contributed by atoms with E-state index in [1.807, 2.05) is 5.43 Å². The fourth-order valence-electron chi connectivity index (χ4n) is 2.82. The topological polar surface area (TPSA) is 89.0 Å². The maximum Gasteiger partial charge on any atom is 0.416 e. The number of nitrogens with one attached hydrogen (secondary N) is 2. The Morgan fingerprint density at radius 3 is 2.33 bits per heavy atom. The number of halogens is 5. The van der Waals surface area contributed by atoms with Gasteiger partial charge in [-0.1, -0.05) is 29.3 Å². The van der Waals surface area contributed by atoms with Crippen LogP contribution in [0.4, 0.5) is 18.9 Å². The Balaban J connectivity index is 1.56. The first-order valence-electron chi connectivity index (χ1n) is 10.1. The van der Waals surface area contributed by atoms with Crippen molar-refractivity contribution in [3.63, 3.8) is 0 Å². The third kappa shape index (κ3) is 7.37. The third-order valence-corrected chi connectivity index (χ3v) is 5.23. The molecule has 2 amide bonds. The van der Waals surface area contributed by atoms with Crippen LogP contribution in [0.5, 0.6) is 11.5 Å². The highest BCUT2D eigenvalue weighted by Gasteiger charge is 2.30. The van der Waals surface area contributed by atoms with Gasteiger partial charge in [0.2, 0.25) is 0 Å². The maximum atomic E-state index is 12.6. The van der Waals surface area contributed by atoms with Crippen molar-refractivity contribution in [2.45, 2.75) is 12.8 Å². The molecule has 188 valence electrons. The zero-order chi connectivity index (χ0) is 26.3. The molecule has 0 bridgehead atoms. The molecule has 12 heteroatoms. The molecule has 36 heavy (non-hydrogen) atoms. The van der Waals surface area contributed by atoms with Gasteiger partial charge in [0, 0.05) is 21.3 Å². The van der Waals surface area contributed by atoms with Gasteiger partial charge in [-0.2, -0.15) is 18.3 Å². The number of carbonyl (C=O) groups is 2. The van der Waals surface area contributed by atoms with Gasteiger partial charge in [-0.05, 0) is 60.2 Å². The number of anilines is 1. The quantitative estimate of drug-likeness (QED) is 0.229. The van der Waals surface area contributed by atoms with Crippen molar-refractivity contribution in [2.24, 2.45) is 5.10 Å². The molecule has 0 aliphatic carbocycles. The average molecular weight is 540 g/mol. The molecule has 3 aromatic rings. The summed E-state index contributed by atoms with van der Waals surface area (Å²) >= 11 is 12.0. The van der Waals surface area contributed by atoms with Gasteiger partial charge in [-0.25, -0.2) is 5.43 Å². The summed E-state index contributed by atoms with van der Waals surface area (Å²) in [5.74, 6) is -1.40. The van der Waals surface area contributed by atoms with Crippen LogP contribution >= 0.6 is 23.2 Å². The first-order chi connectivity index (χ1) is 17.1. The largest absolute Gasteiger partial charge is 0.493 e. The van der Waals surface area contributed by atoms with Crippen molar-refractivity contribution in [1.29, 1.82) is 0 Å². The summed E-state index contributed by atoms with van der Waals surface area (Å²) in [5, 5.41) is 6.86. The van der Waals surface area contributed by atoms with E-state index in [9.17, 15) is 22.8 Å². The molecule has 7 nitrogen and oxygen atoms in total. The van der Waals surface area contributed by atoms with Gasteiger partial charge in [0.05, 0.1) is 18.9 Å². The number of amides is 2. The van der Waals surface area contributed by atoms with Crippen molar-refractivity contribution >= 4 is 46.9 Å². The van der Waals surface area contributed by atoms with Crippen LogP contribution in [0.25, 0.3) is 0 Å². The number of hydrogen-bond donors (Lipinski definition) is 2. The van der Waals surface area contributed by atoms with Crippen LogP contribution in [0.15, 0.2) is 65.8 Å². The molecule has 0 aromatic heterocycles. The van der Waals surface area contributed by atoms with E-state index in [1.165, 1.54) is 13.3 Å². The minimum atomic E-state index is -4.51. The van der Waals surface area contributed by atoms with Gasteiger partial charge in [0.1, 0.15) is 6.61 Å². The summed E-state index contributed by atoms with van der Waals surface area (Å²) in [4.78, 5) is 23.9. The lowest BCUT2D eigenvalue weighted by molar-refractivity contribution is -0.137. The lowest BCUT2D eigenvalue weighted by atomic mass is 10.2. The SMILES string of the molecule is COc1cc(C=NNC(=O)C(=O)Nc2ccc(C(F)(F)F)cc2)ccc1OCc1ccc(Cl)cc1Cl. The van der Waals surface area contributed by atoms with E-state index in [0.717, 1.165) is 29.8 Å². The number of alkyl halides is 3. The molecular weight excluding hydrogens is 522 g/mol. The number of nitrogens with zero attached hydrogens (tertiary/aromatic N) is 1. The lowest BCUT2D eigenvalue weighted by Crippen LogP contribution is -2.32. The predicted octanol–water partition coefficient (Wildman–Crippen LogP) is 5.69. The number of carbonyl (C=O) groups excluding carboxylic acids is 2. The van der Waals surface area contributed by atoms with Crippen LogP contribution in [0.2, 0.25) is 10.0 Å². The average Bonchev–Trinajstić information content (AvgIpc) is 2.83. The van der Waals surface area contributed by atoms with E-state index in [2.05, 4.69) is 10.4 Å². The molecule has 0 fully saturated rings. The Morgan fingerprint density at radius 2 is 1.69 bits per heavy atom. The van der Waals surface area contributed by atoms with Crippen LogP contribution in [0.1, 0.15) is 16.7 Å². The Labute approximate surface area is 213 Å². The Kier molecular flexibility index (Phi) is 8.78. The van der Waals surface area contributed by atoms with E-state index in [-0.39, 0.29) is 12.3 Å². The number of hydrogen-bond acceptors (Lipinski definition) is 5. The highest BCUT2D eigenvalue weighted by molar-refractivity contribution is 6.39. The predicted molar refractivity (Wildman–Crippen MR) is 130 cm³/mol. The number of rotatable bonds is 7. The van der Waals surface area contributed by atoms with Gasteiger partial charge < -0.3 is 14.8 Å². The van der Waals surface area contributed by atoms with Crippen molar-refractivity contribution in [3.8, 4) is 11.5 Å². The second-order valence-electron chi connectivity index (χ2n) is 7.16. The summed E-state index contributed by atoms with van der Waals surface area (Å²) in [5.41, 5.74) is 2.43. The molecule has 3 rings (SSSR count). The fourth-order valence-corrected chi connectivity index (χ4v) is 3.29. The van der Waals surface area contributed by atoms with Gasteiger partial charge in [0.25, 0.3) is 0 Å². The van der Waals surface area contributed by atoms with Gasteiger partial charge in [-0.15, -0.1) is 0 Å². The number of hydrazone groups is 1. The fraction of sp³-hybridized carbons (Fsp3) is 0.125. The number of methoxy groups -OCH3 is 1. The molecule has 0 radical (unpaired) electrons. The Morgan fingerprint density at radius 1 is 0.972 bits per heavy atom. The van der Waals surface area contributed by atoms with Gasteiger partial charge in [0.15, 0.2) is 11.5 Å². The van der Waals surface area contributed by atoms with E-state index in [0.29, 0.717) is 27.1 Å². The molecule has 0 heterocycles. The van der Waals surface area contributed by atoms with E-state index < -0.39 is 23.6 Å². The van der Waals surface area contributed by atoms with Crippen molar-refractivity contribution in [2.75, 3.05) is 12.4 Å². The van der Waals surface area contributed by atoms with Crippen molar-refractivity contribution < 1.29 is 32.2 Å². The van der Waals surface area contributed by atoms with Crippen LogP contribution in [0, 0.1) is 0 Å². The maximum absolute atomic E-state index is 12.6. The second kappa shape index (κ2) is 11.8. The van der Waals surface area contributed by atoms with Crippen LogP contribution < -0.4 is 20.2 Å². The molecule has 0 saturated heterocycles. The molecule has 0 atom stereocenters. The molecular formula is C24H18Cl2F3N3O4. The molecule has 0 spiro atoms. The minimum Gasteiger partial charge on any atom is -0.493 e. The van der Waals surface area contributed by atoms with Crippen LogP contribution in [0.3, 0.4) is 0 Å². The highest BCUT2D eigenvalue weighted by Crippen LogP contribution is 2.31. The molecule has 0 aliphatic heterocycles. The normalized spacial score (nSPS) is 11.3. The molecule has 0 unspecified atom stereocenters.